The molecule has 0 atom stereocenters. The minimum absolute atomic E-state index is 0.173. The van der Waals surface area contributed by atoms with E-state index in [4.69, 9.17) is 0 Å². The van der Waals surface area contributed by atoms with Gasteiger partial charge in [0.15, 0.2) is 0 Å². The van der Waals surface area contributed by atoms with Gasteiger partial charge in [-0.05, 0) is 12.3 Å². The highest BCUT2D eigenvalue weighted by molar-refractivity contribution is 5.86. The topological polar surface area (TPSA) is 98.8 Å². The summed E-state index contributed by atoms with van der Waals surface area (Å²) >= 11 is 0. The Morgan fingerprint density at radius 1 is 1.64 bits per heavy atom. The molecule has 8 heteroatoms. The molecule has 0 saturated heterocycles. The number of aromatic amines is 1. The largest absolute Gasteiger partial charge is 0.326 e. The van der Waals surface area contributed by atoms with E-state index in [2.05, 4.69) is 31.3 Å². The maximum atomic E-state index is 11.4. The number of carbonyl (C=O) groups excluding carboxylic acids is 1. The molecule has 0 aliphatic rings. The third-order valence-corrected chi connectivity index (χ3v) is 1.61. The summed E-state index contributed by atoms with van der Waals surface area (Å²) in [6.07, 6.45) is 0. The second-order valence-corrected chi connectivity index (χ2v) is 2.69. The molecule has 0 aliphatic carbocycles. The van der Waals surface area contributed by atoms with Crippen molar-refractivity contribution in [2.45, 2.75) is 0 Å². The summed E-state index contributed by atoms with van der Waals surface area (Å²) in [7, 11) is 3.51. The van der Waals surface area contributed by atoms with E-state index in [-0.39, 0.29) is 12.0 Å². The quantitative estimate of drug-likeness (QED) is 0.570. The normalized spacial score (nSPS) is 9.86. The van der Waals surface area contributed by atoms with Crippen molar-refractivity contribution < 1.29 is 4.79 Å². The molecule has 0 saturated carbocycles. The number of anilines is 1. The second kappa shape index (κ2) is 5.12. The average molecular weight is 199 g/mol. The van der Waals surface area contributed by atoms with E-state index >= 15 is 0 Å². The Kier molecular flexibility index (Phi) is 3.80. The van der Waals surface area contributed by atoms with Crippen LogP contribution in [0.25, 0.3) is 0 Å². The first-order valence-corrected chi connectivity index (χ1v) is 4.14. The number of hydrogen-bond donors (Lipinski definition) is 3. The lowest BCUT2D eigenvalue weighted by molar-refractivity contribution is 0.222. The zero-order chi connectivity index (χ0) is 10.4. The van der Waals surface area contributed by atoms with Gasteiger partial charge in [0.1, 0.15) is 0 Å². The maximum absolute atomic E-state index is 11.4. The fourth-order valence-electron chi connectivity index (χ4n) is 0.787. The molecule has 14 heavy (non-hydrogen) atoms. The molecule has 0 fully saturated rings. The van der Waals surface area contributed by atoms with Crippen LogP contribution in [0.5, 0.6) is 0 Å². The molecule has 3 N–H and O–H groups in total. The van der Waals surface area contributed by atoms with Crippen molar-refractivity contribution in [1.82, 2.24) is 30.8 Å². The van der Waals surface area contributed by atoms with Gasteiger partial charge in [0.25, 0.3) is 5.95 Å². The van der Waals surface area contributed by atoms with Gasteiger partial charge in [-0.3, -0.25) is 5.32 Å². The smallest absolute Gasteiger partial charge is 0.324 e. The molecule has 0 aromatic carbocycles. The van der Waals surface area contributed by atoms with Gasteiger partial charge in [-0.1, -0.05) is 5.10 Å². The van der Waals surface area contributed by atoms with Crippen LogP contribution in [0, 0.1) is 0 Å². The van der Waals surface area contributed by atoms with E-state index in [0.29, 0.717) is 6.54 Å². The van der Waals surface area contributed by atoms with Gasteiger partial charge in [-0.15, -0.1) is 5.10 Å². The van der Waals surface area contributed by atoms with Gasteiger partial charge in [-0.2, -0.15) is 5.21 Å². The lowest BCUT2D eigenvalue weighted by Crippen LogP contribution is -2.36. The molecule has 0 spiro atoms. The molecule has 2 amide bonds. The fraction of sp³-hybridized carbons (Fsp3) is 0.667. The van der Waals surface area contributed by atoms with E-state index in [1.807, 2.05) is 7.05 Å². The number of H-pyrrole nitrogens is 1. The highest BCUT2D eigenvalue weighted by atomic mass is 16.2. The zero-order valence-electron chi connectivity index (χ0n) is 8.11. The number of likely N-dealkylation sites (N-methyl/N-ethyl adjacent to an activating group) is 2. The summed E-state index contributed by atoms with van der Waals surface area (Å²) in [6.45, 7) is 1.34. The summed E-state index contributed by atoms with van der Waals surface area (Å²) in [5, 5.41) is 18.2. The molecule has 0 aliphatic heterocycles. The molecule has 8 nitrogen and oxygen atoms in total. The van der Waals surface area contributed by atoms with Crippen molar-refractivity contribution in [1.29, 1.82) is 0 Å². The predicted molar refractivity (Wildman–Crippen MR) is 49.8 cm³/mol. The Morgan fingerprint density at radius 2 is 2.43 bits per heavy atom. The standard InChI is InChI=1S/C6H13N7O/c1-7-3-4-13(2)6(14)8-5-9-11-12-10-5/h7H,3-4H2,1-2H3,(H2,8,9,10,11,12,14). The van der Waals surface area contributed by atoms with E-state index in [1.165, 1.54) is 4.90 Å². The molecule has 78 valence electrons. The van der Waals surface area contributed by atoms with E-state index in [1.54, 1.807) is 7.05 Å². The minimum Gasteiger partial charge on any atom is -0.326 e. The Balaban J connectivity index is 2.34. The van der Waals surface area contributed by atoms with Crippen molar-refractivity contribution >= 4 is 12.0 Å². The number of amides is 2. The van der Waals surface area contributed by atoms with Gasteiger partial charge in [0.05, 0.1) is 0 Å². The van der Waals surface area contributed by atoms with Crippen molar-refractivity contribution in [3.05, 3.63) is 0 Å². The minimum atomic E-state index is -0.262. The summed E-state index contributed by atoms with van der Waals surface area (Å²) in [6, 6.07) is -0.262. The number of tetrazole rings is 1. The zero-order valence-corrected chi connectivity index (χ0v) is 8.11. The maximum Gasteiger partial charge on any atom is 0.324 e. The molecule has 0 unspecified atom stereocenters. The van der Waals surface area contributed by atoms with Gasteiger partial charge in [0.2, 0.25) is 0 Å². The van der Waals surface area contributed by atoms with Gasteiger partial charge < -0.3 is 10.2 Å². The molecule has 0 bridgehead atoms. The van der Waals surface area contributed by atoms with Crippen molar-refractivity contribution in [2.75, 3.05) is 32.5 Å². The second-order valence-electron chi connectivity index (χ2n) is 2.69. The van der Waals surface area contributed by atoms with Crippen LogP contribution in [0.15, 0.2) is 0 Å². The van der Waals surface area contributed by atoms with Crippen molar-refractivity contribution in [3.8, 4) is 0 Å². The molecular formula is C6H13N7O. The summed E-state index contributed by atoms with van der Waals surface area (Å²) < 4.78 is 0. The van der Waals surface area contributed by atoms with Crippen molar-refractivity contribution in [2.24, 2.45) is 0 Å². The van der Waals surface area contributed by atoms with Crippen LogP contribution in [-0.2, 0) is 0 Å². The van der Waals surface area contributed by atoms with Crippen molar-refractivity contribution in [3.63, 3.8) is 0 Å². The van der Waals surface area contributed by atoms with Gasteiger partial charge in [0, 0.05) is 20.1 Å². The average Bonchev–Trinajstić information content (AvgIpc) is 2.66. The number of aromatic nitrogens is 4. The number of carbonyl (C=O) groups is 1. The van der Waals surface area contributed by atoms with Crippen LogP contribution in [-0.4, -0.2) is 58.7 Å². The monoisotopic (exact) mass is 199 g/mol. The number of hydrogen-bond acceptors (Lipinski definition) is 5. The molecule has 1 aromatic heterocycles. The van der Waals surface area contributed by atoms with E-state index in [0.717, 1.165) is 6.54 Å². The van der Waals surface area contributed by atoms with Gasteiger partial charge >= 0.3 is 6.03 Å². The SMILES string of the molecule is CNCCN(C)C(=O)Nc1nn[nH]n1. The van der Waals surface area contributed by atoms with Crippen LogP contribution in [0.3, 0.4) is 0 Å². The first kappa shape index (κ1) is 10.4. The van der Waals surface area contributed by atoms with Crippen LogP contribution >= 0.6 is 0 Å². The van der Waals surface area contributed by atoms with E-state index in [9.17, 15) is 4.79 Å². The number of nitrogens with zero attached hydrogens (tertiary/aromatic N) is 4. The van der Waals surface area contributed by atoms with Crippen LogP contribution in [0.4, 0.5) is 10.7 Å². The highest BCUT2D eigenvalue weighted by Gasteiger charge is 2.09. The van der Waals surface area contributed by atoms with Gasteiger partial charge in [-0.25, -0.2) is 4.79 Å². The number of urea groups is 1. The highest BCUT2D eigenvalue weighted by Crippen LogP contribution is 1.93. The molecule has 0 radical (unpaired) electrons. The Labute approximate surface area is 81.1 Å². The third-order valence-electron chi connectivity index (χ3n) is 1.61. The fourth-order valence-corrected chi connectivity index (χ4v) is 0.787. The van der Waals surface area contributed by atoms with E-state index < -0.39 is 0 Å². The first-order chi connectivity index (χ1) is 6.74. The Hall–Kier alpha value is -1.70. The summed E-state index contributed by atoms with van der Waals surface area (Å²) in [5.74, 6) is 0.173. The third kappa shape index (κ3) is 2.98. The molecular weight excluding hydrogens is 186 g/mol. The summed E-state index contributed by atoms with van der Waals surface area (Å²) in [5.41, 5.74) is 0. The predicted octanol–water partition coefficient (Wildman–Crippen LogP) is -1.12. The molecule has 1 aromatic rings. The van der Waals surface area contributed by atoms with Crippen LogP contribution in [0.1, 0.15) is 0 Å². The first-order valence-electron chi connectivity index (χ1n) is 4.14. The summed E-state index contributed by atoms with van der Waals surface area (Å²) in [4.78, 5) is 12.9. The number of nitrogens with one attached hydrogen (secondary N) is 3. The lowest BCUT2D eigenvalue weighted by Gasteiger charge is -2.15. The van der Waals surface area contributed by atoms with Crippen LogP contribution in [0.2, 0.25) is 0 Å². The van der Waals surface area contributed by atoms with Crippen LogP contribution < -0.4 is 10.6 Å². The Bertz CT molecular complexity index is 272. The molecule has 1 rings (SSSR count). The Morgan fingerprint density at radius 3 is 3.00 bits per heavy atom. The lowest BCUT2D eigenvalue weighted by atomic mass is 10.5. The number of rotatable bonds is 4. The molecule has 1 heterocycles.